The van der Waals surface area contributed by atoms with Gasteiger partial charge in [-0.3, -0.25) is 9.59 Å². The Morgan fingerprint density at radius 1 is 0.960 bits per heavy atom. The first-order valence-electron chi connectivity index (χ1n) is 8.75. The van der Waals surface area contributed by atoms with Crippen LogP contribution in [0, 0.1) is 0 Å². The molecule has 0 saturated carbocycles. The molecule has 25 heavy (non-hydrogen) atoms. The van der Waals surface area contributed by atoms with Crippen LogP contribution in [-0.2, 0) is 11.2 Å². The number of nitrogens with two attached hydrogens (primary N) is 1. The molecular formula is C20H21N3O2. The summed E-state index contributed by atoms with van der Waals surface area (Å²) >= 11 is 0. The number of nitrogen functional groups attached to an aromatic ring is 1. The third kappa shape index (κ3) is 2.76. The van der Waals surface area contributed by atoms with E-state index >= 15 is 0 Å². The van der Waals surface area contributed by atoms with Gasteiger partial charge < -0.3 is 15.5 Å². The minimum Gasteiger partial charge on any atom is -0.398 e. The monoisotopic (exact) mass is 335 g/mol. The third-order valence-corrected chi connectivity index (χ3v) is 5.03. The zero-order chi connectivity index (χ0) is 17.4. The van der Waals surface area contributed by atoms with E-state index < -0.39 is 0 Å². The van der Waals surface area contributed by atoms with Crippen LogP contribution in [0.15, 0.2) is 42.5 Å². The highest BCUT2D eigenvalue weighted by Gasteiger charge is 2.25. The van der Waals surface area contributed by atoms with E-state index in [4.69, 9.17) is 5.73 Å². The minimum atomic E-state index is -0.0224. The van der Waals surface area contributed by atoms with Gasteiger partial charge >= 0.3 is 0 Å². The highest BCUT2D eigenvalue weighted by atomic mass is 16.2. The molecule has 128 valence electrons. The average Bonchev–Trinajstić information content (AvgIpc) is 3.07. The van der Waals surface area contributed by atoms with Crippen LogP contribution in [0.2, 0.25) is 0 Å². The largest absolute Gasteiger partial charge is 0.398 e. The molecule has 0 radical (unpaired) electrons. The molecule has 2 N–H and O–H groups in total. The zero-order valence-corrected chi connectivity index (χ0v) is 14.1. The fourth-order valence-electron chi connectivity index (χ4n) is 3.72. The van der Waals surface area contributed by atoms with Crippen molar-refractivity contribution >= 4 is 28.9 Å². The van der Waals surface area contributed by atoms with E-state index in [1.165, 1.54) is 0 Å². The molecule has 1 saturated heterocycles. The Kier molecular flexibility index (Phi) is 3.92. The van der Waals surface area contributed by atoms with E-state index in [-0.39, 0.29) is 11.8 Å². The predicted octanol–water partition coefficient (Wildman–Crippen LogP) is 2.99. The molecule has 5 heteroatoms. The van der Waals surface area contributed by atoms with Crippen molar-refractivity contribution < 1.29 is 9.59 Å². The molecule has 4 rings (SSSR count). The second-order valence-electron chi connectivity index (χ2n) is 6.60. The molecule has 2 amide bonds. The maximum Gasteiger partial charge on any atom is 0.258 e. The van der Waals surface area contributed by atoms with Crippen LogP contribution < -0.4 is 15.5 Å². The maximum atomic E-state index is 13.0. The number of nitrogens with zero attached hydrogens (tertiary/aromatic N) is 2. The lowest BCUT2D eigenvalue weighted by Gasteiger charge is -2.30. The van der Waals surface area contributed by atoms with Gasteiger partial charge in [0.1, 0.15) is 0 Å². The summed E-state index contributed by atoms with van der Waals surface area (Å²) in [6, 6.07) is 13.1. The van der Waals surface area contributed by atoms with Gasteiger partial charge in [-0.15, -0.1) is 0 Å². The number of carbonyl (C=O) groups is 2. The summed E-state index contributed by atoms with van der Waals surface area (Å²) in [6.45, 7) is 1.45. The van der Waals surface area contributed by atoms with Gasteiger partial charge in [0.2, 0.25) is 5.91 Å². The first-order valence-corrected chi connectivity index (χ1v) is 8.75. The fraction of sp³-hybridized carbons (Fsp3) is 0.300. The lowest BCUT2D eigenvalue weighted by atomic mass is 9.99. The molecule has 2 heterocycles. The number of anilines is 3. The molecule has 0 aliphatic carbocycles. The molecule has 0 atom stereocenters. The third-order valence-electron chi connectivity index (χ3n) is 5.03. The van der Waals surface area contributed by atoms with Crippen molar-refractivity contribution in [1.29, 1.82) is 0 Å². The Labute approximate surface area is 147 Å². The van der Waals surface area contributed by atoms with Crippen LogP contribution in [0.25, 0.3) is 0 Å². The number of hydrogen-bond donors (Lipinski definition) is 1. The Balaban J connectivity index is 1.60. The summed E-state index contributed by atoms with van der Waals surface area (Å²) in [4.78, 5) is 28.4. The first-order chi connectivity index (χ1) is 12.1. The smallest absolute Gasteiger partial charge is 0.258 e. The van der Waals surface area contributed by atoms with Gasteiger partial charge in [0.25, 0.3) is 5.91 Å². The number of rotatable bonds is 2. The van der Waals surface area contributed by atoms with Crippen LogP contribution in [0.5, 0.6) is 0 Å². The summed E-state index contributed by atoms with van der Waals surface area (Å²) in [5.41, 5.74) is 10.3. The second-order valence-corrected chi connectivity index (χ2v) is 6.60. The molecule has 2 aliphatic rings. The van der Waals surface area contributed by atoms with Gasteiger partial charge in [-0.25, -0.2) is 0 Å². The Hall–Kier alpha value is -2.82. The van der Waals surface area contributed by atoms with Gasteiger partial charge in [0, 0.05) is 42.1 Å². The van der Waals surface area contributed by atoms with Crippen LogP contribution >= 0.6 is 0 Å². The Bertz CT molecular complexity index is 829. The van der Waals surface area contributed by atoms with Crippen molar-refractivity contribution in [2.24, 2.45) is 0 Å². The number of benzene rings is 2. The molecule has 2 aromatic carbocycles. The molecule has 0 spiro atoms. The zero-order valence-electron chi connectivity index (χ0n) is 14.1. The fourth-order valence-corrected chi connectivity index (χ4v) is 3.72. The van der Waals surface area contributed by atoms with Gasteiger partial charge in [-0.1, -0.05) is 6.07 Å². The topological polar surface area (TPSA) is 66.6 Å². The first kappa shape index (κ1) is 15.7. The van der Waals surface area contributed by atoms with Crippen LogP contribution in [0.4, 0.5) is 17.1 Å². The van der Waals surface area contributed by atoms with Gasteiger partial charge in [-0.05, 0) is 61.2 Å². The standard InChI is InChI=1S/C20H21N3O2/c21-17-5-1-6-18-16(17)4-2-13-23(18)20(25)14-8-10-15(11-9-14)22-12-3-7-19(22)24/h1,5-6,8-11H,2-4,7,12-13,21H2. The van der Waals surface area contributed by atoms with Crippen LogP contribution in [0.1, 0.15) is 35.2 Å². The minimum absolute atomic E-state index is 0.0224. The van der Waals surface area contributed by atoms with E-state index in [1.54, 1.807) is 4.90 Å². The van der Waals surface area contributed by atoms with E-state index in [0.717, 1.165) is 48.4 Å². The lowest BCUT2D eigenvalue weighted by Crippen LogP contribution is -2.35. The van der Waals surface area contributed by atoms with Crippen molar-refractivity contribution in [3.63, 3.8) is 0 Å². The molecule has 1 fully saturated rings. The normalized spacial score (nSPS) is 16.9. The second kappa shape index (κ2) is 6.24. The molecular weight excluding hydrogens is 314 g/mol. The highest BCUT2D eigenvalue weighted by molar-refractivity contribution is 6.07. The Morgan fingerprint density at radius 2 is 1.72 bits per heavy atom. The summed E-state index contributed by atoms with van der Waals surface area (Å²) in [5, 5.41) is 0. The molecule has 0 unspecified atom stereocenters. The van der Waals surface area contributed by atoms with Crippen molar-refractivity contribution in [1.82, 2.24) is 0 Å². The molecule has 0 aromatic heterocycles. The van der Waals surface area contributed by atoms with Gasteiger partial charge in [0.15, 0.2) is 0 Å². The molecule has 0 bridgehead atoms. The van der Waals surface area contributed by atoms with E-state index in [9.17, 15) is 9.59 Å². The quantitative estimate of drug-likeness (QED) is 0.858. The molecule has 5 nitrogen and oxygen atoms in total. The summed E-state index contributed by atoms with van der Waals surface area (Å²) in [7, 11) is 0. The average molecular weight is 335 g/mol. The maximum absolute atomic E-state index is 13.0. The summed E-state index contributed by atoms with van der Waals surface area (Å²) in [5.74, 6) is 0.130. The predicted molar refractivity (Wildman–Crippen MR) is 98.9 cm³/mol. The number of hydrogen-bond acceptors (Lipinski definition) is 3. The van der Waals surface area contributed by atoms with E-state index in [1.807, 2.05) is 47.4 Å². The van der Waals surface area contributed by atoms with Crippen molar-refractivity contribution in [2.45, 2.75) is 25.7 Å². The van der Waals surface area contributed by atoms with Crippen LogP contribution in [-0.4, -0.2) is 24.9 Å². The number of carbonyl (C=O) groups excluding carboxylic acids is 2. The Morgan fingerprint density at radius 3 is 2.44 bits per heavy atom. The van der Waals surface area contributed by atoms with Gasteiger partial charge in [-0.2, -0.15) is 0 Å². The highest BCUT2D eigenvalue weighted by Crippen LogP contribution is 2.32. The van der Waals surface area contributed by atoms with Crippen molar-refractivity contribution in [2.75, 3.05) is 28.6 Å². The van der Waals surface area contributed by atoms with E-state index in [0.29, 0.717) is 18.5 Å². The van der Waals surface area contributed by atoms with Crippen LogP contribution in [0.3, 0.4) is 0 Å². The number of fused-ring (bicyclic) bond motifs is 1. The summed E-state index contributed by atoms with van der Waals surface area (Å²) in [6.07, 6.45) is 3.31. The SMILES string of the molecule is Nc1cccc2c1CCCN2C(=O)c1ccc(N2CCCC2=O)cc1. The van der Waals surface area contributed by atoms with Gasteiger partial charge in [0.05, 0.1) is 0 Å². The molecule has 2 aliphatic heterocycles. The van der Waals surface area contributed by atoms with Crippen molar-refractivity contribution in [3.8, 4) is 0 Å². The summed E-state index contributed by atoms with van der Waals surface area (Å²) < 4.78 is 0. The number of amides is 2. The van der Waals surface area contributed by atoms with E-state index in [2.05, 4.69) is 0 Å². The molecule has 2 aromatic rings. The van der Waals surface area contributed by atoms with Crippen molar-refractivity contribution in [3.05, 3.63) is 53.6 Å². The lowest BCUT2D eigenvalue weighted by molar-refractivity contribution is -0.117.